The van der Waals surface area contributed by atoms with E-state index in [2.05, 4.69) is 15.5 Å². The molecular weight excluding hydrogens is 270 g/mol. The molecule has 0 spiro atoms. The maximum absolute atomic E-state index is 9.75. The first-order chi connectivity index (χ1) is 9.74. The third-order valence-electron chi connectivity index (χ3n) is 3.58. The Morgan fingerprint density at radius 2 is 2.20 bits per heavy atom. The zero-order valence-corrected chi connectivity index (χ0v) is 12.4. The molecule has 3 rings (SSSR count). The van der Waals surface area contributed by atoms with E-state index in [9.17, 15) is 5.11 Å². The van der Waals surface area contributed by atoms with Crippen LogP contribution in [-0.4, -0.2) is 27.9 Å². The molecule has 2 N–H and O–H groups in total. The molecule has 0 atom stereocenters. The summed E-state index contributed by atoms with van der Waals surface area (Å²) in [7, 11) is 0. The van der Waals surface area contributed by atoms with Gasteiger partial charge in [0, 0.05) is 23.6 Å². The standard InChI is InChI=1S/C15H19N3OS/c1-10-12(4-2-5-13(10)19)15-18-17-14(20-15)6-3-9-16-11-7-8-11/h2,4-5,11,16,19H,3,6-9H2,1H3. The molecule has 2 aromatic rings. The summed E-state index contributed by atoms with van der Waals surface area (Å²) in [5.41, 5.74) is 1.84. The van der Waals surface area contributed by atoms with Gasteiger partial charge in [-0.25, -0.2) is 0 Å². The lowest BCUT2D eigenvalue weighted by Crippen LogP contribution is -2.17. The molecule has 0 aliphatic heterocycles. The van der Waals surface area contributed by atoms with Gasteiger partial charge in [-0.05, 0) is 38.8 Å². The monoisotopic (exact) mass is 289 g/mol. The Labute approximate surface area is 122 Å². The Morgan fingerprint density at radius 3 is 3.00 bits per heavy atom. The normalized spacial score (nSPS) is 14.7. The van der Waals surface area contributed by atoms with Crippen LogP contribution in [0, 0.1) is 6.92 Å². The van der Waals surface area contributed by atoms with E-state index in [-0.39, 0.29) is 0 Å². The molecule has 0 unspecified atom stereocenters. The average Bonchev–Trinajstić information content (AvgIpc) is 3.15. The van der Waals surface area contributed by atoms with Crippen LogP contribution in [0.1, 0.15) is 29.8 Å². The third-order valence-corrected chi connectivity index (χ3v) is 4.60. The van der Waals surface area contributed by atoms with E-state index in [1.54, 1.807) is 17.4 Å². The van der Waals surface area contributed by atoms with Crippen molar-refractivity contribution in [3.8, 4) is 16.3 Å². The molecule has 1 aromatic carbocycles. The van der Waals surface area contributed by atoms with Crippen LogP contribution in [0.4, 0.5) is 0 Å². The highest BCUT2D eigenvalue weighted by atomic mass is 32.1. The fourth-order valence-electron chi connectivity index (χ4n) is 2.15. The Balaban J connectivity index is 1.62. The van der Waals surface area contributed by atoms with Crippen molar-refractivity contribution < 1.29 is 5.11 Å². The van der Waals surface area contributed by atoms with E-state index in [0.29, 0.717) is 5.75 Å². The average molecular weight is 289 g/mol. The highest BCUT2D eigenvalue weighted by molar-refractivity contribution is 7.14. The smallest absolute Gasteiger partial charge is 0.148 e. The largest absolute Gasteiger partial charge is 0.508 e. The summed E-state index contributed by atoms with van der Waals surface area (Å²) in [5.74, 6) is 0.313. The first kappa shape index (κ1) is 13.5. The predicted octanol–water partition coefficient (Wildman–Crippen LogP) is 2.90. The van der Waals surface area contributed by atoms with E-state index in [4.69, 9.17) is 0 Å². The molecule has 1 aliphatic carbocycles. The number of hydrogen-bond acceptors (Lipinski definition) is 5. The van der Waals surface area contributed by atoms with Gasteiger partial charge in [0.2, 0.25) is 0 Å². The lowest BCUT2D eigenvalue weighted by atomic mass is 10.1. The van der Waals surface area contributed by atoms with Gasteiger partial charge in [0.15, 0.2) is 0 Å². The van der Waals surface area contributed by atoms with Gasteiger partial charge < -0.3 is 10.4 Å². The van der Waals surface area contributed by atoms with Gasteiger partial charge in [-0.2, -0.15) is 0 Å². The highest BCUT2D eigenvalue weighted by Gasteiger charge is 2.19. The first-order valence-electron chi connectivity index (χ1n) is 7.09. The maximum Gasteiger partial charge on any atom is 0.148 e. The highest BCUT2D eigenvalue weighted by Crippen LogP contribution is 2.31. The zero-order valence-electron chi connectivity index (χ0n) is 11.6. The quantitative estimate of drug-likeness (QED) is 0.803. The van der Waals surface area contributed by atoms with Crippen LogP contribution in [0.25, 0.3) is 10.6 Å². The number of nitrogens with one attached hydrogen (secondary N) is 1. The fourth-order valence-corrected chi connectivity index (χ4v) is 3.12. The summed E-state index contributed by atoms with van der Waals surface area (Å²) in [6.45, 7) is 2.97. The summed E-state index contributed by atoms with van der Waals surface area (Å²) in [6.07, 6.45) is 4.73. The second-order valence-corrected chi connectivity index (χ2v) is 6.34. The van der Waals surface area contributed by atoms with Crippen molar-refractivity contribution in [2.45, 2.75) is 38.6 Å². The van der Waals surface area contributed by atoms with E-state index in [1.807, 2.05) is 19.1 Å². The molecule has 5 heteroatoms. The second kappa shape index (κ2) is 5.89. The number of phenols is 1. The summed E-state index contributed by atoms with van der Waals surface area (Å²) >= 11 is 1.62. The van der Waals surface area contributed by atoms with Crippen LogP contribution in [0.2, 0.25) is 0 Å². The third kappa shape index (κ3) is 3.16. The van der Waals surface area contributed by atoms with Crippen molar-refractivity contribution in [3.05, 3.63) is 28.8 Å². The number of aromatic hydroxyl groups is 1. The number of nitrogens with zero attached hydrogens (tertiary/aromatic N) is 2. The van der Waals surface area contributed by atoms with Crippen LogP contribution < -0.4 is 5.32 Å². The van der Waals surface area contributed by atoms with Gasteiger partial charge in [0.25, 0.3) is 0 Å². The predicted molar refractivity (Wildman–Crippen MR) is 81.1 cm³/mol. The van der Waals surface area contributed by atoms with Crippen LogP contribution >= 0.6 is 11.3 Å². The number of aryl methyl sites for hydroxylation is 1. The fraction of sp³-hybridized carbons (Fsp3) is 0.467. The summed E-state index contributed by atoms with van der Waals surface area (Å²) in [4.78, 5) is 0. The van der Waals surface area contributed by atoms with Crippen molar-refractivity contribution in [2.24, 2.45) is 0 Å². The Morgan fingerprint density at radius 1 is 1.35 bits per heavy atom. The minimum atomic E-state index is 0.313. The van der Waals surface area contributed by atoms with Crippen molar-refractivity contribution in [1.82, 2.24) is 15.5 Å². The Bertz CT molecular complexity index is 593. The molecule has 0 radical (unpaired) electrons. The van der Waals surface area contributed by atoms with Gasteiger partial charge in [-0.1, -0.05) is 23.5 Å². The minimum Gasteiger partial charge on any atom is -0.508 e. The Hall–Kier alpha value is -1.46. The summed E-state index contributed by atoms with van der Waals surface area (Å²) < 4.78 is 0. The van der Waals surface area contributed by atoms with Crippen molar-refractivity contribution in [3.63, 3.8) is 0 Å². The molecule has 0 saturated heterocycles. The lowest BCUT2D eigenvalue weighted by Gasteiger charge is -2.03. The number of phenolic OH excluding ortho intramolecular Hbond substituents is 1. The lowest BCUT2D eigenvalue weighted by molar-refractivity contribution is 0.471. The topological polar surface area (TPSA) is 58.0 Å². The number of hydrogen-bond donors (Lipinski definition) is 2. The summed E-state index contributed by atoms with van der Waals surface area (Å²) in [5, 5.41) is 23.7. The Kier molecular flexibility index (Phi) is 3.98. The van der Waals surface area contributed by atoms with Crippen molar-refractivity contribution in [1.29, 1.82) is 0 Å². The van der Waals surface area contributed by atoms with Crippen LogP contribution in [0.5, 0.6) is 5.75 Å². The van der Waals surface area contributed by atoms with Crippen LogP contribution in [0.3, 0.4) is 0 Å². The second-order valence-electron chi connectivity index (χ2n) is 5.28. The minimum absolute atomic E-state index is 0.313. The zero-order chi connectivity index (χ0) is 13.9. The molecule has 1 aliphatic rings. The molecule has 4 nitrogen and oxygen atoms in total. The number of rotatable bonds is 6. The van der Waals surface area contributed by atoms with Crippen LogP contribution in [-0.2, 0) is 6.42 Å². The molecule has 106 valence electrons. The molecule has 1 saturated carbocycles. The van der Waals surface area contributed by atoms with Crippen molar-refractivity contribution in [2.75, 3.05) is 6.54 Å². The van der Waals surface area contributed by atoms with Gasteiger partial charge >= 0.3 is 0 Å². The van der Waals surface area contributed by atoms with E-state index in [0.717, 1.165) is 46.6 Å². The van der Waals surface area contributed by atoms with E-state index < -0.39 is 0 Å². The van der Waals surface area contributed by atoms with Crippen molar-refractivity contribution >= 4 is 11.3 Å². The molecule has 1 aromatic heterocycles. The molecule has 0 bridgehead atoms. The van der Waals surface area contributed by atoms with E-state index in [1.165, 1.54) is 12.8 Å². The molecule has 0 amide bonds. The number of aromatic nitrogens is 2. The molecule has 1 heterocycles. The molecule has 1 fully saturated rings. The SMILES string of the molecule is Cc1c(O)cccc1-c1nnc(CCCNC2CC2)s1. The van der Waals surface area contributed by atoms with E-state index >= 15 is 0 Å². The van der Waals surface area contributed by atoms with Gasteiger partial charge in [-0.15, -0.1) is 10.2 Å². The van der Waals surface area contributed by atoms with Gasteiger partial charge in [0.05, 0.1) is 0 Å². The van der Waals surface area contributed by atoms with Gasteiger partial charge in [-0.3, -0.25) is 0 Å². The van der Waals surface area contributed by atoms with Gasteiger partial charge in [0.1, 0.15) is 15.8 Å². The maximum atomic E-state index is 9.75. The molecular formula is C15H19N3OS. The first-order valence-corrected chi connectivity index (χ1v) is 7.90. The summed E-state index contributed by atoms with van der Waals surface area (Å²) in [6, 6.07) is 6.30. The van der Waals surface area contributed by atoms with Crippen LogP contribution in [0.15, 0.2) is 18.2 Å². The number of benzene rings is 1. The molecule has 20 heavy (non-hydrogen) atoms.